The van der Waals surface area contributed by atoms with Gasteiger partial charge in [-0.05, 0) is 50.5 Å². The number of carbonyl (C=O) groups excluding carboxylic acids is 1. The summed E-state index contributed by atoms with van der Waals surface area (Å²) in [7, 11) is 0. The zero-order valence-corrected chi connectivity index (χ0v) is 15.8. The normalized spacial score (nSPS) is 14.7. The fourth-order valence-corrected chi connectivity index (χ4v) is 4.07. The Morgan fingerprint density at radius 3 is 2.76 bits per heavy atom. The maximum absolute atomic E-state index is 12.4. The van der Waals surface area contributed by atoms with Crippen LogP contribution >= 0.6 is 11.8 Å². The zero-order chi connectivity index (χ0) is 17.6. The molecule has 0 bridgehead atoms. The summed E-state index contributed by atoms with van der Waals surface area (Å²) in [5.41, 5.74) is 3.98. The number of benzene rings is 2. The number of nitrogens with one attached hydrogen (secondary N) is 1. The lowest BCUT2D eigenvalue weighted by molar-refractivity contribution is -0.120. The van der Waals surface area contributed by atoms with E-state index in [0.717, 1.165) is 24.4 Å². The number of thioether (sulfide) groups is 1. The molecular weight excluding hydrogens is 328 g/mol. The van der Waals surface area contributed by atoms with Crippen molar-refractivity contribution < 1.29 is 4.79 Å². The van der Waals surface area contributed by atoms with Gasteiger partial charge in [-0.3, -0.25) is 4.79 Å². The van der Waals surface area contributed by atoms with Gasteiger partial charge in [0.15, 0.2) is 0 Å². The first-order valence-electron chi connectivity index (χ1n) is 8.97. The third-order valence-electron chi connectivity index (χ3n) is 4.59. The van der Waals surface area contributed by atoms with Crippen molar-refractivity contribution in [3.8, 4) is 0 Å². The van der Waals surface area contributed by atoms with Crippen molar-refractivity contribution in [1.82, 2.24) is 5.32 Å². The van der Waals surface area contributed by atoms with Crippen molar-refractivity contribution in [2.24, 2.45) is 0 Å². The van der Waals surface area contributed by atoms with Crippen LogP contribution in [-0.4, -0.2) is 30.8 Å². The third-order valence-corrected chi connectivity index (χ3v) is 5.70. The Labute approximate surface area is 154 Å². The maximum Gasteiger partial charge on any atom is 0.233 e. The van der Waals surface area contributed by atoms with Gasteiger partial charge in [0, 0.05) is 30.2 Å². The maximum atomic E-state index is 12.4. The lowest BCUT2D eigenvalue weighted by Crippen LogP contribution is -2.39. The van der Waals surface area contributed by atoms with Crippen molar-refractivity contribution >= 4 is 23.4 Å². The topological polar surface area (TPSA) is 32.3 Å². The molecule has 25 heavy (non-hydrogen) atoms. The summed E-state index contributed by atoms with van der Waals surface area (Å²) >= 11 is 1.61. The smallest absolute Gasteiger partial charge is 0.233 e. The number of aryl methyl sites for hydroxylation is 2. The summed E-state index contributed by atoms with van der Waals surface area (Å²) in [6, 6.07) is 16.9. The van der Waals surface area contributed by atoms with Crippen LogP contribution in [0.4, 0.5) is 5.69 Å². The molecule has 3 rings (SSSR count). The molecule has 132 valence electrons. The first-order valence-corrected chi connectivity index (χ1v) is 9.85. The summed E-state index contributed by atoms with van der Waals surface area (Å²) in [5.74, 6) is 0.107. The van der Waals surface area contributed by atoms with Crippen molar-refractivity contribution in [2.75, 3.05) is 24.5 Å². The molecular formula is C21H26N2OS. The molecule has 0 aliphatic carbocycles. The Hall–Kier alpha value is -1.94. The molecule has 1 amide bonds. The van der Waals surface area contributed by atoms with E-state index in [0.29, 0.717) is 6.54 Å². The van der Waals surface area contributed by atoms with Gasteiger partial charge < -0.3 is 10.2 Å². The minimum Gasteiger partial charge on any atom is -0.370 e. The van der Waals surface area contributed by atoms with E-state index in [-0.39, 0.29) is 11.2 Å². The number of carbonyl (C=O) groups is 1. The average molecular weight is 355 g/mol. The number of hydrogen-bond acceptors (Lipinski definition) is 3. The van der Waals surface area contributed by atoms with Crippen molar-refractivity contribution in [3.63, 3.8) is 0 Å². The molecule has 4 heteroatoms. The lowest BCUT2D eigenvalue weighted by Gasteiger charge is -2.31. The molecule has 1 atom stereocenters. The van der Waals surface area contributed by atoms with Crippen LogP contribution in [0.1, 0.15) is 24.5 Å². The molecule has 0 radical (unpaired) electrons. The minimum atomic E-state index is -0.0867. The number of nitrogens with zero attached hydrogens (tertiary/aromatic N) is 1. The molecule has 0 spiro atoms. The summed E-state index contributed by atoms with van der Waals surface area (Å²) < 4.78 is 0. The van der Waals surface area contributed by atoms with Crippen molar-refractivity contribution in [3.05, 3.63) is 59.7 Å². The van der Waals surface area contributed by atoms with Crippen LogP contribution < -0.4 is 10.2 Å². The second-order valence-corrected chi connectivity index (χ2v) is 8.00. The highest BCUT2D eigenvalue weighted by Crippen LogP contribution is 2.26. The van der Waals surface area contributed by atoms with Crippen LogP contribution in [0.15, 0.2) is 53.4 Å². The summed E-state index contributed by atoms with van der Waals surface area (Å²) in [4.78, 5) is 15.9. The number of amides is 1. The fourth-order valence-electron chi connectivity index (χ4n) is 3.18. The molecule has 0 aromatic heterocycles. The fraction of sp³-hybridized carbons (Fsp3) is 0.381. The van der Waals surface area contributed by atoms with Crippen molar-refractivity contribution in [2.45, 2.75) is 36.8 Å². The summed E-state index contributed by atoms with van der Waals surface area (Å²) in [6.07, 6.45) is 2.34. The molecule has 1 unspecified atom stereocenters. The molecule has 0 fully saturated rings. The van der Waals surface area contributed by atoms with Crippen LogP contribution in [0.5, 0.6) is 0 Å². The van der Waals surface area contributed by atoms with Gasteiger partial charge in [0.05, 0.1) is 5.25 Å². The van der Waals surface area contributed by atoms with Crippen LogP contribution in [-0.2, 0) is 11.2 Å². The average Bonchev–Trinajstić information content (AvgIpc) is 2.63. The Kier molecular flexibility index (Phi) is 6.03. The standard InChI is InChI=1S/C21H26N2OS/c1-16-9-11-19(12-10-16)25-17(2)21(24)22-13-15-23-14-5-7-18-6-3-4-8-20(18)23/h3-4,6,8-12,17H,5,7,13-15H2,1-2H3,(H,22,24). The summed E-state index contributed by atoms with van der Waals surface area (Å²) in [6.45, 7) is 6.66. The van der Waals surface area contributed by atoms with E-state index in [2.05, 4.69) is 65.7 Å². The number of rotatable bonds is 6. The van der Waals surface area contributed by atoms with Gasteiger partial charge in [-0.1, -0.05) is 35.9 Å². The van der Waals surface area contributed by atoms with E-state index in [9.17, 15) is 4.79 Å². The van der Waals surface area contributed by atoms with E-state index in [1.54, 1.807) is 11.8 Å². The number of anilines is 1. The molecule has 1 aliphatic rings. The molecule has 1 aliphatic heterocycles. The number of para-hydroxylation sites is 1. The van der Waals surface area contributed by atoms with E-state index in [1.807, 2.05) is 6.92 Å². The second kappa shape index (κ2) is 8.43. The Morgan fingerprint density at radius 1 is 1.20 bits per heavy atom. The van der Waals surface area contributed by atoms with Gasteiger partial charge in [0.1, 0.15) is 0 Å². The minimum absolute atomic E-state index is 0.0867. The van der Waals surface area contributed by atoms with Crippen LogP contribution in [0.2, 0.25) is 0 Å². The quantitative estimate of drug-likeness (QED) is 0.795. The highest BCUT2D eigenvalue weighted by Gasteiger charge is 2.17. The third kappa shape index (κ3) is 4.79. The highest BCUT2D eigenvalue weighted by atomic mass is 32.2. The van der Waals surface area contributed by atoms with E-state index in [4.69, 9.17) is 0 Å². The number of hydrogen-bond donors (Lipinski definition) is 1. The van der Waals surface area contributed by atoms with E-state index < -0.39 is 0 Å². The molecule has 2 aromatic rings. The van der Waals surface area contributed by atoms with E-state index in [1.165, 1.54) is 23.2 Å². The van der Waals surface area contributed by atoms with Gasteiger partial charge in [0.2, 0.25) is 5.91 Å². The monoisotopic (exact) mass is 354 g/mol. The second-order valence-electron chi connectivity index (χ2n) is 6.58. The van der Waals surface area contributed by atoms with Crippen LogP contribution in [0.25, 0.3) is 0 Å². The van der Waals surface area contributed by atoms with E-state index >= 15 is 0 Å². The SMILES string of the molecule is Cc1ccc(SC(C)C(=O)NCCN2CCCc3ccccc32)cc1. The molecule has 0 saturated carbocycles. The molecule has 1 heterocycles. The van der Waals surface area contributed by atoms with Crippen molar-refractivity contribution in [1.29, 1.82) is 0 Å². The largest absolute Gasteiger partial charge is 0.370 e. The van der Waals surface area contributed by atoms with Gasteiger partial charge in [-0.25, -0.2) is 0 Å². The summed E-state index contributed by atoms with van der Waals surface area (Å²) in [5, 5.41) is 3.00. The predicted octanol–water partition coefficient (Wildman–Crippen LogP) is 4.04. The Bertz CT molecular complexity index is 714. The molecule has 1 N–H and O–H groups in total. The van der Waals surface area contributed by atoms with Crippen LogP contribution in [0, 0.1) is 6.92 Å². The number of fused-ring (bicyclic) bond motifs is 1. The highest BCUT2D eigenvalue weighted by molar-refractivity contribution is 8.00. The lowest BCUT2D eigenvalue weighted by atomic mass is 10.0. The molecule has 3 nitrogen and oxygen atoms in total. The van der Waals surface area contributed by atoms with Gasteiger partial charge >= 0.3 is 0 Å². The van der Waals surface area contributed by atoms with Gasteiger partial charge in [-0.15, -0.1) is 11.8 Å². The molecule has 2 aromatic carbocycles. The Morgan fingerprint density at radius 2 is 1.96 bits per heavy atom. The van der Waals surface area contributed by atoms with Gasteiger partial charge in [0.25, 0.3) is 0 Å². The Balaban J connectivity index is 1.47. The first kappa shape index (κ1) is 17.9. The predicted molar refractivity (Wildman–Crippen MR) is 106 cm³/mol. The molecule has 0 saturated heterocycles. The first-order chi connectivity index (χ1) is 12.1. The van der Waals surface area contributed by atoms with Crippen LogP contribution in [0.3, 0.4) is 0 Å². The van der Waals surface area contributed by atoms with Gasteiger partial charge in [-0.2, -0.15) is 0 Å². The zero-order valence-electron chi connectivity index (χ0n) is 15.0.